The van der Waals surface area contributed by atoms with E-state index < -0.39 is 5.41 Å². The van der Waals surface area contributed by atoms with E-state index >= 15 is 0 Å². The zero-order valence-corrected chi connectivity index (χ0v) is 10.6. The average Bonchev–Trinajstić information content (AvgIpc) is 2.93. The van der Waals surface area contributed by atoms with Crippen LogP contribution in [0.4, 0.5) is 4.39 Å². The molecular weight excluding hydrogens is 253 g/mol. The van der Waals surface area contributed by atoms with E-state index in [1.165, 1.54) is 12.1 Å². The Bertz CT molecular complexity index is 527. The molecule has 0 aromatic heterocycles. The molecule has 94 valence electrons. The van der Waals surface area contributed by atoms with Gasteiger partial charge in [-0.3, -0.25) is 0 Å². The Morgan fingerprint density at radius 2 is 2.33 bits per heavy atom. The van der Waals surface area contributed by atoms with Crippen LogP contribution in [-0.2, 0) is 11.2 Å². The van der Waals surface area contributed by atoms with Gasteiger partial charge in [0.05, 0.1) is 23.7 Å². The second-order valence-electron chi connectivity index (χ2n) is 5.21. The van der Waals surface area contributed by atoms with Crippen LogP contribution >= 0.6 is 11.6 Å². The summed E-state index contributed by atoms with van der Waals surface area (Å²) >= 11 is 6.04. The molecule has 18 heavy (non-hydrogen) atoms. The third kappa shape index (κ3) is 1.81. The van der Waals surface area contributed by atoms with Gasteiger partial charge in [-0.2, -0.15) is 5.26 Å². The minimum absolute atomic E-state index is 0.00798. The molecule has 3 rings (SSSR count). The van der Waals surface area contributed by atoms with Crippen LogP contribution in [-0.4, -0.2) is 12.2 Å². The molecule has 1 aromatic carbocycles. The van der Waals surface area contributed by atoms with Crippen LogP contribution in [0, 0.1) is 22.6 Å². The minimum Gasteiger partial charge on any atom is -0.373 e. The molecule has 3 atom stereocenters. The number of nitriles is 1. The normalized spacial score (nSPS) is 33.6. The van der Waals surface area contributed by atoms with E-state index in [0.29, 0.717) is 11.4 Å². The number of hydrogen-bond donors (Lipinski definition) is 0. The SMILES string of the molecule is N#CC1(Cc2ccc(F)cc2Cl)CC2CCC1O2. The summed E-state index contributed by atoms with van der Waals surface area (Å²) in [6.45, 7) is 0. The maximum atomic E-state index is 13.0. The Morgan fingerprint density at radius 3 is 2.89 bits per heavy atom. The molecule has 0 aliphatic carbocycles. The predicted molar refractivity (Wildman–Crippen MR) is 65.7 cm³/mol. The summed E-state index contributed by atoms with van der Waals surface area (Å²) < 4.78 is 18.8. The first kappa shape index (κ1) is 12.0. The van der Waals surface area contributed by atoms with Gasteiger partial charge in [-0.15, -0.1) is 0 Å². The monoisotopic (exact) mass is 265 g/mol. The van der Waals surface area contributed by atoms with Crippen LogP contribution in [0.25, 0.3) is 0 Å². The Labute approximate surface area is 110 Å². The Balaban J connectivity index is 1.89. The summed E-state index contributed by atoms with van der Waals surface area (Å²) in [5.74, 6) is -0.348. The van der Waals surface area contributed by atoms with Crippen molar-refractivity contribution in [2.24, 2.45) is 5.41 Å². The van der Waals surface area contributed by atoms with Crippen LogP contribution in [0.5, 0.6) is 0 Å². The van der Waals surface area contributed by atoms with E-state index in [1.807, 2.05) is 0 Å². The lowest BCUT2D eigenvalue weighted by molar-refractivity contribution is 0.0787. The van der Waals surface area contributed by atoms with Gasteiger partial charge >= 0.3 is 0 Å². The van der Waals surface area contributed by atoms with E-state index in [2.05, 4.69) is 6.07 Å². The fourth-order valence-electron chi connectivity index (χ4n) is 3.15. The fourth-order valence-corrected chi connectivity index (χ4v) is 3.38. The highest BCUT2D eigenvalue weighted by molar-refractivity contribution is 6.31. The van der Waals surface area contributed by atoms with Gasteiger partial charge in [-0.1, -0.05) is 17.7 Å². The molecule has 2 bridgehead atoms. The molecule has 0 amide bonds. The van der Waals surface area contributed by atoms with Crippen molar-refractivity contribution < 1.29 is 9.13 Å². The van der Waals surface area contributed by atoms with Gasteiger partial charge in [0.25, 0.3) is 0 Å². The third-order valence-corrected chi connectivity index (χ3v) is 4.41. The number of hydrogen-bond acceptors (Lipinski definition) is 2. The van der Waals surface area contributed by atoms with Gasteiger partial charge in [0.1, 0.15) is 5.82 Å². The molecule has 2 aliphatic rings. The number of halogens is 2. The van der Waals surface area contributed by atoms with Crippen LogP contribution in [0.1, 0.15) is 24.8 Å². The molecule has 4 heteroatoms. The van der Waals surface area contributed by atoms with E-state index in [1.54, 1.807) is 6.07 Å². The molecule has 2 nitrogen and oxygen atoms in total. The van der Waals surface area contributed by atoms with Gasteiger partial charge in [0, 0.05) is 5.02 Å². The quantitative estimate of drug-likeness (QED) is 0.820. The number of rotatable bonds is 2. The fraction of sp³-hybridized carbons (Fsp3) is 0.500. The molecule has 1 aromatic rings. The second-order valence-corrected chi connectivity index (χ2v) is 5.62. The first-order valence-corrected chi connectivity index (χ1v) is 6.51. The van der Waals surface area contributed by atoms with Gasteiger partial charge in [-0.25, -0.2) is 4.39 Å². The lowest BCUT2D eigenvalue weighted by Crippen LogP contribution is -2.33. The van der Waals surface area contributed by atoms with E-state index in [4.69, 9.17) is 16.3 Å². The zero-order valence-electron chi connectivity index (χ0n) is 9.83. The maximum absolute atomic E-state index is 13.0. The van der Waals surface area contributed by atoms with Crippen LogP contribution in [0.3, 0.4) is 0 Å². The summed E-state index contributed by atoms with van der Waals surface area (Å²) in [5.41, 5.74) is 0.348. The lowest BCUT2D eigenvalue weighted by Gasteiger charge is -2.28. The van der Waals surface area contributed by atoms with Crippen molar-refractivity contribution >= 4 is 11.6 Å². The van der Waals surface area contributed by atoms with E-state index in [-0.39, 0.29) is 18.0 Å². The Kier molecular flexibility index (Phi) is 2.80. The first-order valence-electron chi connectivity index (χ1n) is 6.14. The molecule has 2 fully saturated rings. The van der Waals surface area contributed by atoms with Crippen molar-refractivity contribution in [2.45, 2.75) is 37.9 Å². The molecule has 0 spiro atoms. The average molecular weight is 266 g/mol. The molecule has 0 radical (unpaired) electrons. The summed E-state index contributed by atoms with van der Waals surface area (Å²) in [5, 5.41) is 9.89. The summed E-state index contributed by atoms with van der Waals surface area (Å²) in [7, 11) is 0. The van der Waals surface area contributed by atoms with Crippen molar-refractivity contribution in [2.75, 3.05) is 0 Å². The second kappa shape index (κ2) is 4.22. The van der Waals surface area contributed by atoms with Crippen LogP contribution in [0.15, 0.2) is 18.2 Å². The first-order chi connectivity index (χ1) is 8.63. The third-order valence-electron chi connectivity index (χ3n) is 4.06. The summed E-state index contributed by atoms with van der Waals surface area (Å²) in [6, 6.07) is 6.78. The van der Waals surface area contributed by atoms with Gasteiger partial charge in [0.2, 0.25) is 0 Å². The Morgan fingerprint density at radius 1 is 1.50 bits per heavy atom. The predicted octanol–water partition coefficient (Wildman–Crippen LogP) is 3.48. The van der Waals surface area contributed by atoms with E-state index in [9.17, 15) is 9.65 Å². The smallest absolute Gasteiger partial charge is 0.124 e. The Hall–Kier alpha value is -1.11. The van der Waals surface area contributed by atoms with Crippen molar-refractivity contribution in [3.05, 3.63) is 34.6 Å². The molecule has 0 saturated carbocycles. The van der Waals surface area contributed by atoms with Gasteiger partial charge in [-0.05, 0) is 43.4 Å². The van der Waals surface area contributed by atoms with Crippen LogP contribution < -0.4 is 0 Å². The zero-order chi connectivity index (χ0) is 12.8. The minimum atomic E-state index is -0.482. The van der Waals surface area contributed by atoms with Crippen molar-refractivity contribution in [1.29, 1.82) is 5.26 Å². The number of benzene rings is 1. The molecule has 2 saturated heterocycles. The number of nitrogens with zero attached hydrogens (tertiary/aromatic N) is 1. The molecule has 3 unspecified atom stereocenters. The van der Waals surface area contributed by atoms with Gasteiger partial charge < -0.3 is 4.74 Å². The highest BCUT2D eigenvalue weighted by atomic mass is 35.5. The number of fused-ring (bicyclic) bond motifs is 2. The summed E-state index contributed by atoms with van der Waals surface area (Å²) in [6.07, 6.45) is 3.52. The van der Waals surface area contributed by atoms with Crippen molar-refractivity contribution in [3.8, 4) is 6.07 Å². The summed E-state index contributed by atoms with van der Waals surface area (Å²) in [4.78, 5) is 0. The molecular formula is C14H13ClFNO. The van der Waals surface area contributed by atoms with Gasteiger partial charge in [0.15, 0.2) is 0 Å². The lowest BCUT2D eigenvalue weighted by atomic mass is 9.71. The van der Waals surface area contributed by atoms with E-state index in [0.717, 1.165) is 24.8 Å². The standard InChI is InChI=1S/C14H13ClFNO/c15-12-5-10(16)2-1-9(12)6-14(8-17)7-11-3-4-13(14)18-11/h1-2,5,11,13H,3-4,6-7H2. The molecule has 2 heterocycles. The number of ether oxygens (including phenoxy) is 1. The highest BCUT2D eigenvalue weighted by Crippen LogP contribution is 2.49. The maximum Gasteiger partial charge on any atom is 0.124 e. The van der Waals surface area contributed by atoms with Crippen molar-refractivity contribution in [1.82, 2.24) is 0 Å². The topological polar surface area (TPSA) is 33.0 Å². The molecule has 2 aliphatic heterocycles. The van der Waals surface area contributed by atoms with Crippen molar-refractivity contribution in [3.63, 3.8) is 0 Å². The highest BCUT2D eigenvalue weighted by Gasteiger charge is 2.52. The van der Waals surface area contributed by atoms with Crippen LogP contribution in [0.2, 0.25) is 5.02 Å². The largest absolute Gasteiger partial charge is 0.373 e. The molecule has 0 N–H and O–H groups in total.